The number of fused-ring (bicyclic) bond motifs is 1. The van der Waals surface area contributed by atoms with E-state index in [-0.39, 0.29) is 36.2 Å². The second kappa shape index (κ2) is 16.6. The highest BCUT2D eigenvalue weighted by Crippen LogP contribution is 2.32. The van der Waals surface area contributed by atoms with Crippen LogP contribution in [0, 0.1) is 41.3 Å². The molecule has 0 aliphatic carbocycles. The Balaban J connectivity index is 0.00000253. The Bertz CT molecular complexity index is 1450. The highest BCUT2D eigenvalue weighted by Gasteiger charge is 2.22. The molecule has 0 bridgehead atoms. The van der Waals surface area contributed by atoms with Crippen LogP contribution in [0.25, 0.3) is 5.57 Å². The molecule has 1 fully saturated rings. The number of benzene rings is 3. The maximum atomic E-state index is 13.4. The van der Waals surface area contributed by atoms with E-state index in [0.717, 1.165) is 94.5 Å². The van der Waals surface area contributed by atoms with Crippen molar-refractivity contribution < 1.29 is 4.39 Å². The zero-order valence-corrected chi connectivity index (χ0v) is 26.5. The number of hydrogen-bond donors (Lipinski definition) is 0. The minimum Gasteiger partial charge on any atom is -0.299 e. The summed E-state index contributed by atoms with van der Waals surface area (Å²) < 4.78 is 13.4. The summed E-state index contributed by atoms with van der Waals surface area (Å²) in [4.78, 5) is 4.96. The Hall–Kier alpha value is -3.19. The molecule has 0 spiro atoms. The number of allylic oxidation sites excluding steroid dienone is 2. The van der Waals surface area contributed by atoms with Gasteiger partial charge in [-0.15, -0.1) is 24.8 Å². The lowest BCUT2D eigenvalue weighted by Gasteiger charge is -2.32. The summed E-state index contributed by atoms with van der Waals surface area (Å²) in [6, 6.07) is 26.3. The third kappa shape index (κ3) is 9.15. The number of piperidine rings is 1. The first kappa shape index (κ1) is 34.3. The van der Waals surface area contributed by atoms with Gasteiger partial charge >= 0.3 is 0 Å². The molecule has 0 aromatic heterocycles. The van der Waals surface area contributed by atoms with E-state index < -0.39 is 0 Å². The molecule has 0 radical (unpaired) electrons. The Morgan fingerprint density at radius 3 is 2.28 bits per heavy atom. The van der Waals surface area contributed by atoms with Crippen LogP contribution in [0.1, 0.15) is 65.5 Å². The van der Waals surface area contributed by atoms with Gasteiger partial charge < -0.3 is 0 Å². The number of halogens is 3. The van der Waals surface area contributed by atoms with Crippen LogP contribution in [-0.4, -0.2) is 29.4 Å². The number of likely N-dealkylation sites (tertiary alicyclic amines) is 1. The zero-order chi connectivity index (χ0) is 28.6. The first-order chi connectivity index (χ1) is 20.0. The van der Waals surface area contributed by atoms with Crippen molar-refractivity contribution in [2.75, 3.05) is 19.6 Å². The van der Waals surface area contributed by atoms with E-state index in [1.54, 1.807) is 0 Å². The van der Waals surface area contributed by atoms with Gasteiger partial charge in [-0.1, -0.05) is 48.5 Å². The summed E-state index contributed by atoms with van der Waals surface area (Å²) in [6.45, 7) is 7.93. The highest BCUT2D eigenvalue weighted by molar-refractivity contribution is 5.85. The molecule has 2 heterocycles. The molecule has 0 atom stereocenters. The molecule has 3 aromatic rings. The van der Waals surface area contributed by atoms with Crippen LogP contribution >= 0.6 is 24.8 Å². The van der Waals surface area contributed by atoms with Crippen LogP contribution < -0.4 is 0 Å². The summed E-state index contributed by atoms with van der Waals surface area (Å²) in [6.07, 6.45) is 6.12. The Morgan fingerprint density at radius 1 is 0.860 bits per heavy atom. The van der Waals surface area contributed by atoms with Crippen LogP contribution in [0.5, 0.6) is 0 Å². The molecule has 1 saturated heterocycles. The molecule has 2 aliphatic rings. The molecule has 5 rings (SSSR count). The van der Waals surface area contributed by atoms with Gasteiger partial charge in [0, 0.05) is 19.6 Å². The predicted molar refractivity (Wildman–Crippen MR) is 176 cm³/mol. The van der Waals surface area contributed by atoms with Crippen molar-refractivity contribution in [3.05, 3.63) is 112 Å². The fraction of sp³-hybridized carbons (Fsp3) is 0.389. The van der Waals surface area contributed by atoms with E-state index in [4.69, 9.17) is 0 Å². The van der Waals surface area contributed by atoms with Crippen molar-refractivity contribution in [2.24, 2.45) is 5.92 Å². The molecule has 226 valence electrons. The van der Waals surface area contributed by atoms with Gasteiger partial charge in [-0.25, -0.2) is 4.39 Å². The molecule has 2 aliphatic heterocycles. The fourth-order valence-corrected chi connectivity index (χ4v) is 6.38. The van der Waals surface area contributed by atoms with Crippen LogP contribution in [0.15, 0.2) is 72.3 Å². The fourth-order valence-electron chi connectivity index (χ4n) is 6.38. The van der Waals surface area contributed by atoms with Crippen molar-refractivity contribution in [1.82, 2.24) is 9.80 Å². The van der Waals surface area contributed by atoms with Crippen molar-refractivity contribution in [3.63, 3.8) is 0 Å². The van der Waals surface area contributed by atoms with E-state index in [1.807, 2.05) is 12.1 Å². The predicted octanol–water partition coefficient (Wildman–Crippen LogP) is 8.42. The quantitative estimate of drug-likeness (QED) is 0.238. The minimum absolute atomic E-state index is 0. The third-order valence-corrected chi connectivity index (χ3v) is 8.88. The number of rotatable bonds is 8. The topological polar surface area (TPSA) is 54.1 Å². The first-order valence-corrected chi connectivity index (χ1v) is 14.9. The summed E-state index contributed by atoms with van der Waals surface area (Å²) in [5, 5.41) is 19.7. The van der Waals surface area contributed by atoms with E-state index in [1.165, 1.54) is 34.4 Å². The maximum Gasteiger partial charge on any atom is 0.133 e. The van der Waals surface area contributed by atoms with Crippen molar-refractivity contribution >= 4 is 30.4 Å². The van der Waals surface area contributed by atoms with Crippen LogP contribution in [0.2, 0.25) is 0 Å². The van der Waals surface area contributed by atoms with Gasteiger partial charge in [0.2, 0.25) is 0 Å². The normalized spacial score (nSPS) is 15.5. The Morgan fingerprint density at radius 2 is 1.58 bits per heavy atom. The van der Waals surface area contributed by atoms with Gasteiger partial charge in [0.15, 0.2) is 0 Å². The van der Waals surface area contributed by atoms with Crippen LogP contribution in [-0.2, 0) is 26.1 Å². The summed E-state index contributed by atoms with van der Waals surface area (Å²) in [7, 11) is 0. The standard InChI is InChI=1S/C36H39FN4.2ClH/c1-27-5-2-3-6-32(27)25-40-19-16-28(17-20-40)10-15-36(34(22-38)23-39)31-12-11-30-7-4-18-41(26-33(30)21-31)24-29-8-13-35(37)14-9-29;;/h2-3,5-6,8-9,11-14,21,28H,4,7,10,15-20,24-26H2,1H3;2*1H. The van der Waals surface area contributed by atoms with Gasteiger partial charge in [-0.2, -0.15) is 10.5 Å². The molecular formula is C36H41Cl2FN4. The molecule has 4 nitrogen and oxygen atoms in total. The molecular weight excluding hydrogens is 578 g/mol. The van der Waals surface area contributed by atoms with Crippen molar-refractivity contribution in [2.45, 2.75) is 65.1 Å². The SMILES string of the molecule is Cc1ccccc1CN1CCC(CCC(=C(C#N)C#N)c2ccc3c(c2)CN(Cc2ccc(F)cc2)CCC3)CC1.Cl.Cl. The van der Waals surface area contributed by atoms with Crippen molar-refractivity contribution in [3.8, 4) is 12.1 Å². The van der Waals surface area contributed by atoms with Gasteiger partial charge in [-0.3, -0.25) is 9.80 Å². The van der Waals surface area contributed by atoms with E-state index in [9.17, 15) is 14.9 Å². The van der Waals surface area contributed by atoms with Crippen LogP contribution in [0.4, 0.5) is 4.39 Å². The number of nitrogens with zero attached hydrogens (tertiary/aromatic N) is 4. The highest BCUT2D eigenvalue weighted by atomic mass is 35.5. The average Bonchev–Trinajstić information content (AvgIpc) is 3.19. The van der Waals surface area contributed by atoms with E-state index in [0.29, 0.717) is 5.92 Å². The summed E-state index contributed by atoms with van der Waals surface area (Å²) in [5.41, 5.74) is 8.58. The van der Waals surface area contributed by atoms with Gasteiger partial charge in [0.05, 0.1) is 0 Å². The van der Waals surface area contributed by atoms with Crippen LogP contribution in [0.3, 0.4) is 0 Å². The monoisotopic (exact) mass is 618 g/mol. The Kier molecular flexibility index (Phi) is 13.2. The number of aryl methyl sites for hydroxylation is 2. The zero-order valence-electron chi connectivity index (χ0n) is 24.9. The molecule has 0 amide bonds. The third-order valence-electron chi connectivity index (χ3n) is 8.88. The average molecular weight is 620 g/mol. The van der Waals surface area contributed by atoms with Gasteiger partial charge in [-0.05, 0) is 128 Å². The van der Waals surface area contributed by atoms with Gasteiger partial charge in [0.25, 0.3) is 0 Å². The molecule has 43 heavy (non-hydrogen) atoms. The number of nitriles is 2. The summed E-state index contributed by atoms with van der Waals surface area (Å²) in [5.74, 6) is 0.390. The van der Waals surface area contributed by atoms with Crippen molar-refractivity contribution in [1.29, 1.82) is 10.5 Å². The lowest BCUT2D eigenvalue weighted by molar-refractivity contribution is 0.173. The molecule has 0 unspecified atom stereocenters. The molecule has 0 saturated carbocycles. The second-order valence-electron chi connectivity index (χ2n) is 11.7. The largest absolute Gasteiger partial charge is 0.299 e. The minimum atomic E-state index is -0.211. The first-order valence-electron chi connectivity index (χ1n) is 14.9. The smallest absolute Gasteiger partial charge is 0.133 e. The number of hydrogen-bond acceptors (Lipinski definition) is 4. The maximum absolute atomic E-state index is 13.4. The molecule has 3 aromatic carbocycles. The molecule has 7 heteroatoms. The summed E-state index contributed by atoms with van der Waals surface area (Å²) >= 11 is 0. The Labute approximate surface area is 268 Å². The van der Waals surface area contributed by atoms with E-state index in [2.05, 4.69) is 71.3 Å². The lowest BCUT2D eigenvalue weighted by atomic mass is 9.86. The lowest BCUT2D eigenvalue weighted by Crippen LogP contribution is -2.33. The molecule has 0 N–H and O–H groups in total. The second-order valence-corrected chi connectivity index (χ2v) is 11.7. The van der Waals surface area contributed by atoms with E-state index >= 15 is 0 Å². The van der Waals surface area contributed by atoms with Gasteiger partial charge in [0.1, 0.15) is 23.5 Å².